The molecule has 5 aromatic rings. The van der Waals surface area contributed by atoms with E-state index in [4.69, 9.17) is 5.73 Å². The van der Waals surface area contributed by atoms with Crippen LogP contribution in [-0.4, -0.2) is 24.2 Å². The molecule has 0 aliphatic rings. The number of hydrogen-bond acceptors (Lipinski definition) is 5. The average Bonchev–Trinajstić information content (AvgIpc) is 3.08. The highest BCUT2D eigenvalue weighted by Gasteiger charge is 2.31. The molecular weight excluding hydrogens is 459 g/mol. The quantitative estimate of drug-likeness (QED) is 0.401. The second-order valence-electron chi connectivity index (χ2n) is 8.33. The summed E-state index contributed by atoms with van der Waals surface area (Å²) in [6.45, 7) is 1.28. The van der Waals surface area contributed by atoms with Crippen LogP contribution >= 0.6 is 0 Å². The number of hydrogen-bond donors (Lipinski definition) is 2. The molecule has 0 amide bonds. The van der Waals surface area contributed by atoms with Gasteiger partial charge in [-0.3, -0.25) is 14.1 Å². The van der Waals surface area contributed by atoms with Gasteiger partial charge in [-0.25, -0.2) is 9.78 Å². The number of aliphatic hydroxyl groups is 1. The third-order valence-corrected chi connectivity index (χ3v) is 6.15. The first-order chi connectivity index (χ1) is 16.6. The Balaban J connectivity index is 1.81. The molecule has 3 N–H and O–H groups in total. The van der Waals surface area contributed by atoms with Crippen molar-refractivity contribution < 1.29 is 18.3 Å². The van der Waals surface area contributed by atoms with E-state index in [0.29, 0.717) is 44.3 Å². The number of rotatable bonds is 3. The second-order valence-corrected chi connectivity index (χ2v) is 8.33. The third-order valence-electron chi connectivity index (χ3n) is 6.15. The number of fused-ring (bicyclic) bond motifs is 3. The Hall–Kier alpha value is -4.18. The number of pyridine rings is 2. The Kier molecular flexibility index (Phi) is 5.13. The lowest BCUT2D eigenvalue weighted by Crippen LogP contribution is -2.21. The molecule has 0 bridgehead atoms. The number of alkyl halides is 3. The molecule has 0 spiro atoms. The summed E-state index contributed by atoms with van der Waals surface area (Å²) in [7, 11) is 1.59. The van der Waals surface area contributed by atoms with E-state index in [1.807, 2.05) is 12.1 Å². The Bertz CT molecular complexity index is 1690. The number of benzene rings is 2. The van der Waals surface area contributed by atoms with Gasteiger partial charge in [0.15, 0.2) is 0 Å². The number of anilines is 1. The van der Waals surface area contributed by atoms with Gasteiger partial charge in [0.1, 0.15) is 5.82 Å². The van der Waals surface area contributed by atoms with Crippen LogP contribution in [0.25, 0.3) is 38.8 Å². The summed E-state index contributed by atoms with van der Waals surface area (Å²) >= 11 is 0. The van der Waals surface area contributed by atoms with Crippen LogP contribution in [0.3, 0.4) is 0 Å². The van der Waals surface area contributed by atoms with Gasteiger partial charge in [-0.1, -0.05) is 6.07 Å². The molecule has 0 aliphatic heterocycles. The summed E-state index contributed by atoms with van der Waals surface area (Å²) in [6.07, 6.45) is -1.33. The van der Waals surface area contributed by atoms with Crippen LogP contribution < -0.4 is 11.4 Å². The van der Waals surface area contributed by atoms with Crippen molar-refractivity contribution in [1.29, 1.82) is 0 Å². The monoisotopic (exact) mass is 479 g/mol. The minimum Gasteiger partial charge on any atom is -0.392 e. The second kappa shape index (κ2) is 7.95. The maximum Gasteiger partial charge on any atom is 0.416 e. The number of halogens is 3. The molecular formula is C25H20F3N5O2. The fourth-order valence-corrected chi connectivity index (χ4v) is 4.29. The standard InChI is InChI=1S/C25H20F3N5O2/c1-13-7-17(25(26,27)28)4-6-20(13)33-22-18-9-14(15-8-16(12-34)23(29)31-10-15)3-5-19(18)30-11-21(22)32(2)24(33)35/h3-11,34H,12H2,1-2H3,(H2,29,31). The van der Waals surface area contributed by atoms with Gasteiger partial charge in [-0.05, 0) is 54.4 Å². The summed E-state index contributed by atoms with van der Waals surface area (Å²) in [6, 6.07) is 10.5. The van der Waals surface area contributed by atoms with E-state index in [0.717, 1.165) is 17.7 Å². The molecule has 0 fully saturated rings. The van der Waals surface area contributed by atoms with E-state index in [-0.39, 0.29) is 12.4 Å². The number of nitrogens with two attached hydrogens (primary N) is 1. The van der Waals surface area contributed by atoms with Gasteiger partial charge >= 0.3 is 11.9 Å². The van der Waals surface area contributed by atoms with Crippen LogP contribution in [0.1, 0.15) is 16.7 Å². The van der Waals surface area contributed by atoms with E-state index >= 15 is 0 Å². The lowest BCUT2D eigenvalue weighted by Gasteiger charge is -2.13. The van der Waals surface area contributed by atoms with Crippen LogP contribution in [0.5, 0.6) is 0 Å². The van der Waals surface area contributed by atoms with Crippen molar-refractivity contribution in [2.24, 2.45) is 7.05 Å². The van der Waals surface area contributed by atoms with Gasteiger partial charge in [-0.15, -0.1) is 0 Å². The van der Waals surface area contributed by atoms with Gasteiger partial charge in [0, 0.05) is 29.8 Å². The van der Waals surface area contributed by atoms with Gasteiger partial charge in [0.05, 0.1) is 40.6 Å². The van der Waals surface area contributed by atoms with Crippen molar-refractivity contribution in [3.8, 4) is 16.8 Å². The number of aryl methyl sites for hydroxylation is 2. The number of aliphatic hydroxyl groups excluding tert-OH is 1. The molecule has 0 atom stereocenters. The molecule has 7 nitrogen and oxygen atoms in total. The molecule has 0 unspecified atom stereocenters. The van der Waals surface area contributed by atoms with Crippen LogP contribution in [0.2, 0.25) is 0 Å². The third kappa shape index (κ3) is 3.62. The van der Waals surface area contributed by atoms with E-state index in [9.17, 15) is 23.1 Å². The molecule has 0 saturated heterocycles. The first-order valence-electron chi connectivity index (χ1n) is 10.6. The fraction of sp³-hybridized carbons (Fsp3) is 0.160. The summed E-state index contributed by atoms with van der Waals surface area (Å²) in [4.78, 5) is 21.9. The van der Waals surface area contributed by atoms with E-state index in [1.54, 1.807) is 38.5 Å². The van der Waals surface area contributed by atoms with E-state index in [2.05, 4.69) is 9.97 Å². The van der Waals surface area contributed by atoms with E-state index < -0.39 is 17.4 Å². The van der Waals surface area contributed by atoms with Crippen LogP contribution in [-0.2, 0) is 19.8 Å². The van der Waals surface area contributed by atoms with Crippen molar-refractivity contribution in [1.82, 2.24) is 19.1 Å². The Morgan fingerprint density at radius 3 is 2.49 bits per heavy atom. The van der Waals surface area contributed by atoms with Crippen molar-refractivity contribution >= 4 is 27.8 Å². The zero-order chi connectivity index (χ0) is 25.1. The van der Waals surface area contributed by atoms with Crippen molar-refractivity contribution in [3.63, 3.8) is 0 Å². The molecule has 2 aromatic carbocycles. The largest absolute Gasteiger partial charge is 0.416 e. The molecule has 10 heteroatoms. The molecule has 3 aromatic heterocycles. The Morgan fingerprint density at radius 1 is 1.03 bits per heavy atom. The summed E-state index contributed by atoms with van der Waals surface area (Å²) in [5, 5.41) is 10.2. The lowest BCUT2D eigenvalue weighted by atomic mass is 10.0. The molecule has 178 valence electrons. The maximum atomic E-state index is 13.3. The fourth-order valence-electron chi connectivity index (χ4n) is 4.29. The van der Waals surface area contributed by atoms with Crippen LogP contribution in [0.4, 0.5) is 19.0 Å². The van der Waals surface area contributed by atoms with Crippen molar-refractivity contribution in [2.75, 3.05) is 5.73 Å². The predicted octanol–water partition coefficient (Wildman–Crippen LogP) is 4.34. The molecule has 0 radical (unpaired) electrons. The molecule has 0 saturated carbocycles. The van der Waals surface area contributed by atoms with Crippen molar-refractivity contribution in [2.45, 2.75) is 19.7 Å². The zero-order valence-corrected chi connectivity index (χ0v) is 18.8. The molecule has 5 rings (SSSR count). The molecule has 0 aliphatic carbocycles. The number of nitrogen functional groups attached to an aromatic ring is 1. The SMILES string of the molecule is Cc1cc(C(F)(F)F)ccc1-n1c(=O)n(C)c2cnc3ccc(-c4cnc(N)c(CO)c4)cc3c21. The first-order valence-corrected chi connectivity index (χ1v) is 10.6. The predicted molar refractivity (Wildman–Crippen MR) is 127 cm³/mol. The van der Waals surface area contributed by atoms with Gasteiger partial charge in [-0.2, -0.15) is 13.2 Å². The highest BCUT2D eigenvalue weighted by Crippen LogP contribution is 2.34. The number of nitrogens with zero attached hydrogens (tertiary/aromatic N) is 4. The lowest BCUT2D eigenvalue weighted by molar-refractivity contribution is -0.137. The summed E-state index contributed by atoms with van der Waals surface area (Å²) in [5.41, 5.74) is 8.89. The highest BCUT2D eigenvalue weighted by atomic mass is 19.4. The molecule has 3 heterocycles. The maximum absolute atomic E-state index is 13.3. The minimum atomic E-state index is -4.49. The van der Waals surface area contributed by atoms with Crippen LogP contribution in [0, 0.1) is 6.92 Å². The van der Waals surface area contributed by atoms with E-state index in [1.165, 1.54) is 15.2 Å². The van der Waals surface area contributed by atoms with Crippen LogP contribution in [0.15, 0.2) is 59.7 Å². The zero-order valence-electron chi connectivity index (χ0n) is 18.8. The smallest absolute Gasteiger partial charge is 0.392 e. The summed E-state index contributed by atoms with van der Waals surface area (Å²) in [5.74, 6) is 0.232. The minimum absolute atomic E-state index is 0.232. The normalized spacial score (nSPS) is 12.1. The number of aromatic nitrogens is 4. The topological polar surface area (TPSA) is 99.0 Å². The first kappa shape index (κ1) is 22.6. The van der Waals surface area contributed by atoms with Gasteiger partial charge in [0.2, 0.25) is 0 Å². The Morgan fingerprint density at radius 2 is 1.80 bits per heavy atom. The van der Waals surface area contributed by atoms with Gasteiger partial charge < -0.3 is 10.8 Å². The Labute approximate surface area is 196 Å². The highest BCUT2D eigenvalue weighted by molar-refractivity contribution is 6.04. The van der Waals surface area contributed by atoms with Gasteiger partial charge in [0.25, 0.3) is 0 Å². The summed E-state index contributed by atoms with van der Waals surface area (Å²) < 4.78 is 42.5. The number of imidazole rings is 1. The molecule has 35 heavy (non-hydrogen) atoms. The van der Waals surface area contributed by atoms with Crippen molar-refractivity contribution in [3.05, 3.63) is 82.0 Å². The average molecular weight is 479 g/mol.